The van der Waals surface area contributed by atoms with E-state index in [0.717, 1.165) is 6.07 Å². The molecule has 1 fully saturated rings. The highest BCUT2D eigenvalue weighted by Crippen LogP contribution is 2.56. The van der Waals surface area contributed by atoms with Crippen LogP contribution < -0.4 is 5.73 Å². The fraction of sp³-hybridized carbons (Fsp3) is 0.316. The number of phenolic OH excluding ortho intramolecular Hbond substituents is 1. The van der Waals surface area contributed by atoms with Crippen LogP contribution in [0.1, 0.15) is 30.1 Å². The van der Waals surface area contributed by atoms with Gasteiger partial charge in [-0.05, 0) is 18.6 Å². The third-order valence-corrected chi connectivity index (χ3v) is 6.27. The van der Waals surface area contributed by atoms with Crippen LogP contribution in [0.3, 0.4) is 0 Å². The summed E-state index contributed by atoms with van der Waals surface area (Å²) < 4.78 is 15.4. The Morgan fingerprint density at radius 1 is 1.24 bits per heavy atom. The first-order valence-corrected chi connectivity index (χ1v) is 9.02. The van der Waals surface area contributed by atoms with Crippen LogP contribution in [0.4, 0.5) is 4.39 Å². The number of primary amides is 1. The number of carbonyl (C=O) groups is 3. The number of nitrogens with two attached hydrogens (primary N) is 1. The lowest BCUT2D eigenvalue weighted by Crippen LogP contribution is -2.58. The molecule has 8 nitrogen and oxygen atoms in total. The topological polar surface area (TPSA) is 158 Å². The van der Waals surface area contributed by atoms with Gasteiger partial charge in [0.2, 0.25) is 5.78 Å². The van der Waals surface area contributed by atoms with Crippen LogP contribution >= 0.6 is 11.6 Å². The van der Waals surface area contributed by atoms with Crippen molar-refractivity contribution < 1.29 is 39.2 Å². The number of ketones is 2. The first-order chi connectivity index (χ1) is 13.5. The largest absolute Gasteiger partial charge is 0.508 e. The Morgan fingerprint density at radius 2 is 1.90 bits per heavy atom. The van der Waals surface area contributed by atoms with Crippen molar-refractivity contribution in [1.29, 1.82) is 0 Å². The standard InChI is InChI=1S/C19H15ClFNO7/c20-7-1-2-8(23)12-11(7)14(21)6-3-5-4-9(24)13(18(22)28)17(27)19(5,29)16(26)10(6)15(12)25/h1-2,5-6,14,23,25,27,29H,3-4H2,(H2,22,28)/t5-,6-,14-,19-/m0/s1. The first-order valence-electron chi connectivity index (χ1n) is 8.64. The molecule has 0 aliphatic heterocycles. The number of rotatable bonds is 1. The summed E-state index contributed by atoms with van der Waals surface area (Å²) in [4.78, 5) is 36.9. The second-order valence-electron chi connectivity index (χ2n) is 7.37. The number of hydrogen-bond donors (Lipinski definition) is 5. The molecule has 0 radical (unpaired) electrons. The van der Waals surface area contributed by atoms with E-state index in [1.54, 1.807) is 0 Å². The number of aliphatic hydroxyl groups excluding tert-OH is 2. The minimum atomic E-state index is -2.73. The number of Topliss-reactive ketones (excluding diaryl/α,β-unsaturated/α-hetero) is 2. The molecule has 0 saturated heterocycles. The molecule has 6 N–H and O–H groups in total. The lowest BCUT2D eigenvalue weighted by molar-refractivity contribution is -0.148. The second kappa shape index (κ2) is 6.04. The predicted octanol–water partition coefficient (Wildman–Crippen LogP) is 1.55. The average Bonchev–Trinajstić information content (AvgIpc) is 2.64. The van der Waals surface area contributed by atoms with Crippen molar-refractivity contribution in [2.24, 2.45) is 17.6 Å². The Balaban J connectivity index is 1.99. The van der Waals surface area contributed by atoms with E-state index in [4.69, 9.17) is 17.3 Å². The molecule has 0 aromatic heterocycles. The lowest BCUT2D eigenvalue weighted by atomic mass is 9.59. The van der Waals surface area contributed by atoms with Crippen LogP contribution in [0.25, 0.3) is 5.76 Å². The number of aromatic hydroxyl groups is 1. The van der Waals surface area contributed by atoms with Gasteiger partial charge in [-0.25, -0.2) is 4.39 Å². The normalized spacial score (nSPS) is 31.3. The quantitative estimate of drug-likeness (QED) is 0.428. The van der Waals surface area contributed by atoms with E-state index >= 15 is 4.39 Å². The molecule has 10 heteroatoms. The molecule has 1 amide bonds. The van der Waals surface area contributed by atoms with E-state index in [1.807, 2.05) is 0 Å². The maximum Gasteiger partial charge on any atom is 0.255 e. The van der Waals surface area contributed by atoms with Crippen molar-refractivity contribution in [2.45, 2.75) is 24.6 Å². The van der Waals surface area contributed by atoms with Gasteiger partial charge in [-0.1, -0.05) is 11.6 Å². The van der Waals surface area contributed by atoms with E-state index in [2.05, 4.69) is 0 Å². The van der Waals surface area contributed by atoms with Crippen LogP contribution in [0, 0.1) is 11.8 Å². The van der Waals surface area contributed by atoms with Crippen molar-refractivity contribution in [3.05, 3.63) is 45.2 Å². The molecule has 4 atom stereocenters. The molecular formula is C19H15ClFNO7. The molecule has 0 bridgehead atoms. The molecule has 1 saturated carbocycles. The highest BCUT2D eigenvalue weighted by atomic mass is 35.5. The average molecular weight is 424 g/mol. The molecule has 0 unspecified atom stereocenters. The number of alkyl halides is 1. The summed E-state index contributed by atoms with van der Waals surface area (Å²) in [5.74, 6) is -8.54. The van der Waals surface area contributed by atoms with Gasteiger partial charge in [0.25, 0.3) is 5.91 Å². The summed E-state index contributed by atoms with van der Waals surface area (Å²) >= 11 is 6.03. The third-order valence-electron chi connectivity index (χ3n) is 5.94. The van der Waals surface area contributed by atoms with E-state index in [0.29, 0.717) is 0 Å². The zero-order valence-corrected chi connectivity index (χ0v) is 15.4. The summed E-state index contributed by atoms with van der Waals surface area (Å²) in [6, 6.07) is 2.34. The summed E-state index contributed by atoms with van der Waals surface area (Å²) in [6.45, 7) is 0. The molecule has 3 aliphatic carbocycles. The Labute approximate surface area is 167 Å². The van der Waals surface area contributed by atoms with Crippen LogP contribution in [0.15, 0.2) is 29.0 Å². The number of hydrogen-bond acceptors (Lipinski definition) is 7. The summed E-state index contributed by atoms with van der Waals surface area (Å²) in [7, 11) is 0. The Hall–Kier alpha value is -2.91. The third kappa shape index (κ3) is 2.31. The van der Waals surface area contributed by atoms with Crippen molar-refractivity contribution >= 4 is 34.8 Å². The van der Waals surface area contributed by atoms with Gasteiger partial charge in [0.05, 0.1) is 5.56 Å². The van der Waals surface area contributed by atoms with Crippen molar-refractivity contribution in [1.82, 2.24) is 0 Å². The molecule has 152 valence electrons. The fourth-order valence-corrected chi connectivity index (χ4v) is 4.84. The summed E-state index contributed by atoms with van der Waals surface area (Å²) in [5.41, 5.74) is 0.278. The summed E-state index contributed by atoms with van der Waals surface area (Å²) in [6.07, 6.45) is -2.76. The van der Waals surface area contributed by atoms with E-state index in [1.165, 1.54) is 6.07 Å². The molecular weight excluding hydrogens is 409 g/mol. The molecule has 1 aromatic rings. The molecule has 4 rings (SSSR count). The Bertz CT molecular complexity index is 1080. The summed E-state index contributed by atoms with van der Waals surface area (Å²) in [5, 5.41) is 42.1. The van der Waals surface area contributed by atoms with Crippen LogP contribution in [0.2, 0.25) is 5.02 Å². The first kappa shape index (κ1) is 19.4. The van der Waals surface area contributed by atoms with E-state index in [9.17, 15) is 34.8 Å². The van der Waals surface area contributed by atoms with E-state index in [-0.39, 0.29) is 17.0 Å². The van der Waals surface area contributed by atoms with Gasteiger partial charge < -0.3 is 26.2 Å². The van der Waals surface area contributed by atoms with Gasteiger partial charge in [-0.3, -0.25) is 14.4 Å². The lowest BCUT2D eigenvalue weighted by Gasteiger charge is -2.46. The van der Waals surface area contributed by atoms with E-state index < -0.39 is 81.5 Å². The number of phenols is 1. The zero-order chi connectivity index (χ0) is 21.4. The second-order valence-corrected chi connectivity index (χ2v) is 7.78. The minimum absolute atomic E-state index is 0.0809. The van der Waals surface area contributed by atoms with Crippen LogP contribution in [-0.4, -0.2) is 43.5 Å². The number of aliphatic hydroxyl groups is 3. The smallest absolute Gasteiger partial charge is 0.255 e. The predicted molar refractivity (Wildman–Crippen MR) is 96.5 cm³/mol. The van der Waals surface area contributed by atoms with Gasteiger partial charge in [0.15, 0.2) is 11.4 Å². The van der Waals surface area contributed by atoms with Crippen molar-refractivity contribution in [2.75, 3.05) is 0 Å². The van der Waals surface area contributed by atoms with Gasteiger partial charge in [0, 0.05) is 34.4 Å². The monoisotopic (exact) mass is 423 g/mol. The maximum absolute atomic E-state index is 15.4. The maximum atomic E-state index is 15.4. The van der Waals surface area contributed by atoms with Crippen LogP contribution in [-0.2, 0) is 14.4 Å². The number of carbonyl (C=O) groups excluding carboxylic acids is 3. The molecule has 0 heterocycles. The highest BCUT2D eigenvalue weighted by Gasteiger charge is 2.62. The highest BCUT2D eigenvalue weighted by molar-refractivity contribution is 6.32. The van der Waals surface area contributed by atoms with Gasteiger partial charge >= 0.3 is 0 Å². The number of benzene rings is 1. The Morgan fingerprint density at radius 3 is 2.52 bits per heavy atom. The van der Waals surface area contributed by atoms with Crippen molar-refractivity contribution in [3.63, 3.8) is 0 Å². The van der Waals surface area contributed by atoms with Gasteiger partial charge in [0.1, 0.15) is 29.0 Å². The molecule has 1 aromatic carbocycles. The Kier molecular flexibility index (Phi) is 4.04. The van der Waals surface area contributed by atoms with Crippen LogP contribution in [0.5, 0.6) is 5.75 Å². The minimum Gasteiger partial charge on any atom is -0.508 e. The van der Waals surface area contributed by atoms with Gasteiger partial charge in [-0.15, -0.1) is 0 Å². The van der Waals surface area contributed by atoms with Gasteiger partial charge in [-0.2, -0.15) is 0 Å². The molecule has 3 aliphatic rings. The molecule has 0 spiro atoms. The SMILES string of the molecule is NC(=O)C1=C(O)[C@@]2(O)C(=O)C3=C(O)c4c(O)ccc(Cl)c4[C@@H](F)[C@H]3C[C@H]2CC1=O. The number of fused-ring (bicyclic) bond motifs is 3. The number of halogens is 2. The number of amides is 1. The zero-order valence-electron chi connectivity index (χ0n) is 14.6. The fourth-order valence-electron chi connectivity index (χ4n) is 4.57. The van der Waals surface area contributed by atoms with Crippen molar-refractivity contribution in [3.8, 4) is 5.75 Å². The molecule has 29 heavy (non-hydrogen) atoms.